The molecule has 0 aliphatic carbocycles. The third-order valence-electron chi connectivity index (χ3n) is 4.17. The number of amides is 2. The molecule has 2 aromatic rings. The minimum absolute atomic E-state index is 0.264. The molecule has 0 heterocycles. The SMILES string of the molecule is CCc1ccccc1NC(=O)C(=O)NCC(C)(C)c1ccc(F)cc1. The van der Waals surface area contributed by atoms with Crippen molar-refractivity contribution in [3.63, 3.8) is 0 Å². The van der Waals surface area contributed by atoms with Gasteiger partial charge in [0.05, 0.1) is 0 Å². The third kappa shape index (κ3) is 4.89. The summed E-state index contributed by atoms with van der Waals surface area (Å²) in [6.07, 6.45) is 0.760. The number of carbonyl (C=O) groups excluding carboxylic acids is 2. The Hall–Kier alpha value is -2.69. The molecule has 0 aromatic heterocycles. The molecule has 0 fully saturated rings. The minimum Gasteiger partial charge on any atom is -0.347 e. The number of carbonyl (C=O) groups is 2. The summed E-state index contributed by atoms with van der Waals surface area (Å²) in [5, 5.41) is 5.29. The summed E-state index contributed by atoms with van der Waals surface area (Å²) >= 11 is 0. The van der Waals surface area contributed by atoms with E-state index in [-0.39, 0.29) is 12.4 Å². The van der Waals surface area contributed by atoms with Gasteiger partial charge >= 0.3 is 11.8 Å². The molecule has 5 heteroatoms. The van der Waals surface area contributed by atoms with E-state index in [9.17, 15) is 14.0 Å². The lowest BCUT2D eigenvalue weighted by atomic mass is 9.84. The van der Waals surface area contributed by atoms with Gasteiger partial charge in [-0.25, -0.2) is 4.39 Å². The molecule has 0 radical (unpaired) electrons. The van der Waals surface area contributed by atoms with Gasteiger partial charge in [0, 0.05) is 17.6 Å². The van der Waals surface area contributed by atoms with Crippen molar-refractivity contribution in [2.24, 2.45) is 0 Å². The van der Waals surface area contributed by atoms with E-state index >= 15 is 0 Å². The van der Waals surface area contributed by atoms with Gasteiger partial charge in [-0.15, -0.1) is 0 Å². The van der Waals surface area contributed by atoms with Crippen molar-refractivity contribution in [2.75, 3.05) is 11.9 Å². The van der Waals surface area contributed by atoms with Gasteiger partial charge in [-0.2, -0.15) is 0 Å². The molecular formula is C20H23FN2O2. The van der Waals surface area contributed by atoms with Gasteiger partial charge in [0.25, 0.3) is 0 Å². The zero-order valence-electron chi connectivity index (χ0n) is 14.7. The molecule has 2 aromatic carbocycles. The average molecular weight is 342 g/mol. The first-order valence-electron chi connectivity index (χ1n) is 8.26. The highest BCUT2D eigenvalue weighted by atomic mass is 19.1. The summed E-state index contributed by atoms with van der Waals surface area (Å²) in [6, 6.07) is 13.5. The molecule has 4 nitrogen and oxygen atoms in total. The lowest BCUT2D eigenvalue weighted by Crippen LogP contribution is -2.42. The van der Waals surface area contributed by atoms with Crippen molar-refractivity contribution in [2.45, 2.75) is 32.6 Å². The quantitative estimate of drug-likeness (QED) is 0.818. The fourth-order valence-electron chi connectivity index (χ4n) is 2.51. The Balaban J connectivity index is 1.97. The minimum atomic E-state index is -0.698. The highest BCUT2D eigenvalue weighted by Gasteiger charge is 2.23. The predicted octanol–water partition coefficient (Wildman–Crippen LogP) is 3.42. The molecule has 0 saturated carbocycles. The Morgan fingerprint density at radius 1 is 1.00 bits per heavy atom. The Labute approximate surface area is 147 Å². The first-order valence-corrected chi connectivity index (χ1v) is 8.26. The highest BCUT2D eigenvalue weighted by molar-refractivity contribution is 6.39. The number of halogens is 1. The second kappa shape index (κ2) is 7.92. The zero-order chi connectivity index (χ0) is 18.4. The number of benzene rings is 2. The Bertz CT molecular complexity index is 755. The summed E-state index contributed by atoms with van der Waals surface area (Å²) in [4.78, 5) is 24.2. The van der Waals surface area contributed by atoms with Crippen LogP contribution in [0.5, 0.6) is 0 Å². The van der Waals surface area contributed by atoms with E-state index in [0.717, 1.165) is 17.5 Å². The summed E-state index contributed by atoms with van der Waals surface area (Å²) in [5.41, 5.74) is 2.06. The monoisotopic (exact) mass is 342 g/mol. The Kier molecular flexibility index (Phi) is 5.91. The van der Waals surface area contributed by atoms with Crippen LogP contribution in [0.25, 0.3) is 0 Å². The maximum Gasteiger partial charge on any atom is 0.313 e. The van der Waals surface area contributed by atoms with Crippen molar-refractivity contribution >= 4 is 17.5 Å². The number of aryl methyl sites for hydroxylation is 1. The second-order valence-corrected chi connectivity index (χ2v) is 6.54. The van der Waals surface area contributed by atoms with Crippen LogP contribution in [-0.2, 0) is 21.4 Å². The molecule has 0 aliphatic rings. The molecule has 25 heavy (non-hydrogen) atoms. The standard InChI is InChI=1S/C20H23FN2O2/c1-4-14-7-5-6-8-17(14)23-19(25)18(24)22-13-20(2,3)15-9-11-16(21)12-10-15/h5-12H,4,13H2,1-3H3,(H,22,24)(H,23,25). The Morgan fingerprint density at radius 3 is 2.28 bits per heavy atom. The van der Waals surface area contributed by atoms with Crippen LogP contribution in [0.2, 0.25) is 0 Å². The molecule has 2 rings (SSSR count). The number of hydrogen-bond acceptors (Lipinski definition) is 2. The van der Waals surface area contributed by atoms with Crippen LogP contribution >= 0.6 is 0 Å². The summed E-state index contributed by atoms with van der Waals surface area (Å²) in [6.45, 7) is 6.09. The molecule has 0 atom stereocenters. The number of hydrogen-bond donors (Lipinski definition) is 2. The van der Waals surface area contributed by atoms with E-state index in [1.807, 2.05) is 39.0 Å². The van der Waals surface area contributed by atoms with Crippen LogP contribution < -0.4 is 10.6 Å². The van der Waals surface area contributed by atoms with Crippen LogP contribution in [0.1, 0.15) is 31.9 Å². The summed E-state index contributed by atoms with van der Waals surface area (Å²) in [7, 11) is 0. The lowest BCUT2D eigenvalue weighted by molar-refractivity contribution is -0.136. The van der Waals surface area contributed by atoms with Crippen LogP contribution in [0, 0.1) is 5.82 Å². The van der Waals surface area contributed by atoms with Crippen molar-refractivity contribution < 1.29 is 14.0 Å². The summed E-state index contributed by atoms with van der Waals surface area (Å²) < 4.78 is 13.0. The van der Waals surface area contributed by atoms with Crippen LogP contribution in [0.4, 0.5) is 10.1 Å². The zero-order valence-corrected chi connectivity index (χ0v) is 14.7. The van der Waals surface area contributed by atoms with E-state index in [4.69, 9.17) is 0 Å². The van der Waals surface area contributed by atoms with Crippen molar-refractivity contribution in [1.82, 2.24) is 5.32 Å². The van der Waals surface area contributed by atoms with E-state index in [0.29, 0.717) is 5.69 Å². The van der Waals surface area contributed by atoms with Crippen molar-refractivity contribution in [3.05, 3.63) is 65.5 Å². The van der Waals surface area contributed by atoms with Gasteiger partial charge in [-0.1, -0.05) is 51.1 Å². The number of anilines is 1. The third-order valence-corrected chi connectivity index (χ3v) is 4.17. The first-order chi connectivity index (χ1) is 11.8. The van der Waals surface area contributed by atoms with Gasteiger partial charge in [0.2, 0.25) is 0 Å². The smallest absolute Gasteiger partial charge is 0.313 e. The molecule has 2 N–H and O–H groups in total. The van der Waals surface area contributed by atoms with Gasteiger partial charge in [-0.05, 0) is 35.7 Å². The molecule has 2 amide bonds. The first kappa shape index (κ1) is 18.6. The number of rotatable bonds is 5. The van der Waals surface area contributed by atoms with E-state index in [2.05, 4.69) is 10.6 Å². The Morgan fingerprint density at radius 2 is 1.64 bits per heavy atom. The molecule has 0 unspecified atom stereocenters. The molecule has 0 saturated heterocycles. The van der Waals surface area contributed by atoms with Crippen molar-refractivity contribution in [1.29, 1.82) is 0 Å². The number of para-hydroxylation sites is 1. The largest absolute Gasteiger partial charge is 0.347 e. The van der Waals surface area contributed by atoms with Crippen molar-refractivity contribution in [3.8, 4) is 0 Å². The van der Waals surface area contributed by atoms with Gasteiger partial charge in [0.15, 0.2) is 0 Å². The average Bonchev–Trinajstić information content (AvgIpc) is 2.60. The van der Waals surface area contributed by atoms with Gasteiger partial charge < -0.3 is 10.6 Å². The second-order valence-electron chi connectivity index (χ2n) is 6.54. The predicted molar refractivity (Wildman–Crippen MR) is 96.9 cm³/mol. The van der Waals surface area contributed by atoms with E-state index < -0.39 is 17.2 Å². The van der Waals surface area contributed by atoms with Crippen LogP contribution in [-0.4, -0.2) is 18.4 Å². The normalized spacial score (nSPS) is 11.0. The lowest BCUT2D eigenvalue weighted by Gasteiger charge is -2.25. The molecule has 0 bridgehead atoms. The number of nitrogens with one attached hydrogen (secondary N) is 2. The van der Waals surface area contributed by atoms with Gasteiger partial charge in [0.1, 0.15) is 5.82 Å². The van der Waals surface area contributed by atoms with E-state index in [1.54, 1.807) is 18.2 Å². The summed E-state index contributed by atoms with van der Waals surface area (Å²) in [5.74, 6) is -1.70. The molecular weight excluding hydrogens is 319 g/mol. The topological polar surface area (TPSA) is 58.2 Å². The molecule has 132 valence electrons. The van der Waals surface area contributed by atoms with E-state index in [1.165, 1.54) is 12.1 Å². The van der Waals surface area contributed by atoms with Gasteiger partial charge in [-0.3, -0.25) is 9.59 Å². The highest BCUT2D eigenvalue weighted by Crippen LogP contribution is 2.22. The molecule has 0 spiro atoms. The maximum atomic E-state index is 13.0. The maximum absolute atomic E-state index is 13.0. The fourth-order valence-corrected chi connectivity index (χ4v) is 2.51. The fraction of sp³-hybridized carbons (Fsp3) is 0.300. The van der Waals surface area contributed by atoms with Crippen LogP contribution in [0.15, 0.2) is 48.5 Å². The van der Waals surface area contributed by atoms with Crippen LogP contribution in [0.3, 0.4) is 0 Å². The molecule has 0 aliphatic heterocycles.